The Morgan fingerprint density at radius 1 is 1.22 bits per heavy atom. The Bertz CT molecular complexity index is 113. The van der Waals surface area contributed by atoms with Crippen molar-refractivity contribution in [3.8, 4) is 0 Å². The molecule has 0 aliphatic carbocycles. The SMILES string of the molecule is [Cl][Ge]([Cl])/[CH]=[C](/I)[Ge]([Cl])[Cl]. The van der Waals surface area contributed by atoms with Crippen LogP contribution in [0.25, 0.3) is 0 Å². The van der Waals surface area contributed by atoms with E-state index < -0.39 is 25.0 Å². The van der Waals surface area contributed by atoms with Crippen molar-refractivity contribution in [1.82, 2.24) is 0 Å². The molecule has 0 aliphatic heterocycles. The van der Waals surface area contributed by atoms with Crippen molar-refractivity contribution in [2.75, 3.05) is 0 Å². The van der Waals surface area contributed by atoms with Crippen LogP contribution in [0.2, 0.25) is 0 Å². The molecule has 0 saturated carbocycles. The minimum atomic E-state index is -1.89. The molecular weight excluding hydrogens is 438 g/mol. The maximum absolute atomic E-state index is 5.64. The van der Waals surface area contributed by atoms with Crippen LogP contribution in [0, 0.1) is 0 Å². The second-order valence-electron chi connectivity index (χ2n) is 1.04. The molecular formula is C2HCl4Ge2I. The Morgan fingerprint density at radius 2 is 1.67 bits per heavy atom. The topological polar surface area (TPSA) is 0 Å². The predicted molar refractivity (Wildman–Crippen MR) is 57.0 cm³/mol. The second-order valence-corrected chi connectivity index (χ2v) is 18.6. The van der Waals surface area contributed by atoms with Gasteiger partial charge in [-0.15, -0.1) is 0 Å². The molecule has 0 rings (SSSR count). The van der Waals surface area contributed by atoms with Crippen LogP contribution in [0.15, 0.2) is 7.32 Å². The Hall–Kier alpha value is 2.72. The van der Waals surface area contributed by atoms with Gasteiger partial charge in [0.15, 0.2) is 0 Å². The van der Waals surface area contributed by atoms with Crippen molar-refractivity contribution in [1.29, 1.82) is 0 Å². The van der Waals surface area contributed by atoms with Gasteiger partial charge in [-0.1, -0.05) is 0 Å². The Morgan fingerprint density at radius 3 is 1.78 bits per heavy atom. The standard InChI is InChI=1S/C2HCl4Ge2I/c3-7(4)1-2(9)8(5)6/h1H/b2-1+. The second kappa shape index (κ2) is 6.26. The van der Waals surface area contributed by atoms with E-state index in [9.17, 15) is 0 Å². The Kier molecular flexibility index (Phi) is 8.14. The van der Waals surface area contributed by atoms with Gasteiger partial charge in [-0.05, 0) is 0 Å². The van der Waals surface area contributed by atoms with Crippen molar-refractivity contribution in [2.24, 2.45) is 0 Å². The molecule has 52 valence electrons. The summed E-state index contributed by atoms with van der Waals surface area (Å²) in [7, 11) is 22.4. The molecule has 0 bridgehead atoms. The number of hydrogen-bond donors (Lipinski definition) is 0. The number of halogens is 5. The molecule has 0 saturated heterocycles. The van der Waals surface area contributed by atoms with E-state index in [4.69, 9.17) is 40.0 Å². The van der Waals surface area contributed by atoms with Crippen LogP contribution in [-0.2, 0) is 0 Å². The summed E-state index contributed by atoms with van der Waals surface area (Å²) in [5, 5.41) is 0. The fraction of sp³-hybridized carbons (Fsp3) is 0. The molecule has 2 radical (unpaired) electrons. The van der Waals surface area contributed by atoms with E-state index in [1.54, 1.807) is 0 Å². The third-order valence-electron chi connectivity index (χ3n) is 0.416. The summed E-state index contributed by atoms with van der Waals surface area (Å²) >= 11 is -1.67. The van der Waals surface area contributed by atoms with Crippen LogP contribution in [0.1, 0.15) is 0 Å². The molecule has 0 spiro atoms. The summed E-state index contributed by atoms with van der Waals surface area (Å²) in [6, 6.07) is 0. The van der Waals surface area contributed by atoms with Crippen molar-refractivity contribution >= 4 is 87.6 Å². The normalized spacial score (nSPS) is 13.4. The zero-order valence-corrected chi connectivity index (χ0v) is 13.3. The predicted octanol–water partition coefficient (Wildman–Crippen LogP) is 3.32. The van der Waals surface area contributed by atoms with E-state index in [0.29, 0.717) is 0 Å². The zero-order valence-electron chi connectivity index (χ0n) is 3.97. The first-order chi connectivity index (χ1) is 4.04. The third kappa shape index (κ3) is 7.09. The molecule has 0 aromatic carbocycles. The average Bonchev–Trinajstić information content (AvgIpc) is 1.63. The summed E-state index contributed by atoms with van der Waals surface area (Å²) < 4.78 is 0.982. The minimum absolute atomic E-state index is 0.982. The number of rotatable bonds is 2. The van der Waals surface area contributed by atoms with E-state index >= 15 is 0 Å². The van der Waals surface area contributed by atoms with Gasteiger partial charge < -0.3 is 0 Å². The van der Waals surface area contributed by atoms with E-state index in [2.05, 4.69) is 22.6 Å². The monoisotopic (exact) mass is 440 g/mol. The molecule has 0 aromatic rings. The Labute approximate surface area is 93.3 Å². The molecule has 7 heteroatoms. The summed E-state index contributed by atoms with van der Waals surface area (Å²) in [5.41, 5.74) is 0. The first kappa shape index (κ1) is 11.7. The fourth-order valence-electron chi connectivity index (χ4n) is 0.150. The average molecular weight is 439 g/mol. The molecule has 0 aromatic heterocycles. The van der Waals surface area contributed by atoms with Gasteiger partial charge in [-0.25, -0.2) is 0 Å². The first-order valence-corrected chi connectivity index (χ1v) is 16.1. The summed E-state index contributed by atoms with van der Waals surface area (Å²) in [4.78, 5) is 1.82. The van der Waals surface area contributed by atoms with E-state index in [1.165, 1.54) is 0 Å². The van der Waals surface area contributed by atoms with E-state index in [1.807, 2.05) is 4.91 Å². The molecule has 0 unspecified atom stereocenters. The van der Waals surface area contributed by atoms with Crippen molar-refractivity contribution in [3.63, 3.8) is 0 Å². The van der Waals surface area contributed by atoms with Crippen LogP contribution in [-0.4, -0.2) is 25.0 Å². The van der Waals surface area contributed by atoms with Gasteiger partial charge in [-0.2, -0.15) is 0 Å². The first-order valence-electron chi connectivity index (χ1n) is 1.77. The maximum atomic E-state index is 5.64. The third-order valence-corrected chi connectivity index (χ3v) is 14.7. The van der Waals surface area contributed by atoms with Crippen LogP contribution >= 0.6 is 62.6 Å². The van der Waals surface area contributed by atoms with Gasteiger partial charge in [0.1, 0.15) is 0 Å². The van der Waals surface area contributed by atoms with Crippen LogP contribution in [0.5, 0.6) is 0 Å². The molecule has 0 aliphatic rings. The van der Waals surface area contributed by atoms with Gasteiger partial charge in [-0.3, -0.25) is 0 Å². The summed E-state index contributed by atoms with van der Waals surface area (Å²) in [5.74, 6) is 0. The van der Waals surface area contributed by atoms with Crippen molar-refractivity contribution in [3.05, 3.63) is 7.32 Å². The van der Waals surface area contributed by atoms with Gasteiger partial charge >= 0.3 is 94.9 Å². The van der Waals surface area contributed by atoms with Gasteiger partial charge in [0, 0.05) is 0 Å². The zero-order chi connectivity index (χ0) is 7.44. The summed E-state index contributed by atoms with van der Waals surface area (Å²) in [6.45, 7) is 0. The number of hydrogen-bond acceptors (Lipinski definition) is 0. The van der Waals surface area contributed by atoms with Crippen molar-refractivity contribution in [2.45, 2.75) is 0 Å². The molecule has 0 nitrogen and oxygen atoms in total. The fourth-order valence-corrected chi connectivity index (χ4v) is 13.2. The van der Waals surface area contributed by atoms with Crippen LogP contribution in [0.3, 0.4) is 0 Å². The van der Waals surface area contributed by atoms with Gasteiger partial charge in [0.05, 0.1) is 0 Å². The molecule has 0 amide bonds. The Balaban J connectivity index is 3.84. The van der Waals surface area contributed by atoms with E-state index in [-0.39, 0.29) is 0 Å². The molecule has 0 N–H and O–H groups in total. The molecule has 0 atom stereocenters. The van der Waals surface area contributed by atoms with Crippen LogP contribution < -0.4 is 0 Å². The molecule has 9 heavy (non-hydrogen) atoms. The van der Waals surface area contributed by atoms with Crippen molar-refractivity contribution < 1.29 is 0 Å². The molecule has 0 heterocycles. The van der Waals surface area contributed by atoms with Gasteiger partial charge in [0.25, 0.3) is 0 Å². The van der Waals surface area contributed by atoms with E-state index in [0.717, 1.165) is 2.41 Å². The van der Waals surface area contributed by atoms with Crippen LogP contribution in [0.4, 0.5) is 0 Å². The quantitative estimate of drug-likeness (QED) is 0.458. The molecule has 0 fully saturated rings. The van der Waals surface area contributed by atoms with Gasteiger partial charge in [0.2, 0.25) is 0 Å². The summed E-state index contributed by atoms with van der Waals surface area (Å²) in [6.07, 6.45) is 0.